The summed E-state index contributed by atoms with van der Waals surface area (Å²) < 4.78 is 0. The maximum absolute atomic E-state index is 12.1. The van der Waals surface area contributed by atoms with E-state index in [1.165, 1.54) is 32.1 Å². The van der Waals surface area contributed by atoms with Gasteiger partial charge in [-0.3, -0.25) is 4.79 Å². The van der Waals surface area contributed by atoms with Crippen LogP contribution in [0.15, 0.2) is 0 Å². The minimum absolute atomic E-state index is 0.0476. The molecule has 0 rings (SSSR count). The van der Waals surface area contributed by atoms with E-state index in [-0.39, 0.29) is 5.41 Å². The largest absolute Gasteiger partial charge is 0.299 e. The molecule has 1 heteroatoms. The Labute approximate surface area is 115 Å². The molecule has 0 heterocycles. The lowest BCUT2D eigenvalue weighted by atomic mass is 9.75. The van der Waals surface area contributed by atoms with Gasteiger partial charge in [0.1, 0.15) is 5.78 Å². The maximum Gasteiger partial charge on any atom is 0.138 e. The quantitative estimate of drug-likeness (QED) is 0.457. The van der Waals surface area contributed by atoms with E-state index >= 15 is 0 Å². The topological polar surface area (TPSA) is 17.1 Å². The average Bonchev–Trinajstić information content (AvgIpc) is 2.37. The summed E-state index contributed by atoms with van der Waals surface area (Å²) >= 11 is 0. The summed E-state index contributed by atoms with van der Waals surface area (Å²) in [6.07, 6.45) is 10.4. The molecule has 0 amide bonds. The summed E-state index contributed by atoms with van der Waals surface area (Å²) in [6.45, 7) is 10.9. The lowest BCUT2D eigenvalue weighted by Gasteiger charge is -2.28. The zero-order valence-electron chi connectivity index (χ0n) is 13.3. The van der Waals surface area contributed by atoms with Crippen LogP contribution in [0.2, 0.25) is 0 Å². The van der Waals surface area contributed by atoms with E-state index in [1.54, 1.807) is 0 Å². The fourth-order valence-corrected chi connectivity index (χ4v) is 3.12. The monoisotopic (exact) mass is 254 g/mol. The van der Waals surface area contributed by atoms with E-state index in [2.05, 4.69) is 27.7 Å². The lowest BCUT2D eigenvalue weighted by molar-refractivity contribution is -0.128. The number of rotatable bonds is 11. The molecule has 108 valence electrons. The first kappa shape index (κ1) is 17.7. The number of ketones is 1. The van der Waals surface area contributed by atoms with Gasteiger partial charge in [0.2, 0.25) is 0 Å². The van der Waals surface area contributed by atoms with E-state index in [9.17, 15) is 4.79 Å². The van der Waals surface area contributed by atoms with Crippen LogP contribution in [0.5, 0.6) is 0 Å². The molecule has 0 aromatic rings. The summed E-state index contributed by atoms with van der Waals surface area (Å²) in [4.78, 5) is 12.1. The van der Waals surface area contributed by atoms with Crippen LogP contribution < -0.4 is 0 Å². The van der Waals surface area contributed by atoms with Crippen molar-refractivity contribution in [3.63, 3.8) is 0 Å². The summed E-state index contributed by atoms with van der Waals surface area (Å²) in [5.41, 5.74) is -0.0476. The molecule has 0 aromatic heterocycles. The fraction of sp³-hybridized carbons (Fsp3) is 0.941. The highest BCUT2D eigenvalue weighted by molar-refractivity contribution is 5.84. The minimum Gasteiger partial charge on any atom is -0.299 e. The van der Waals surface area contributed by atoms with Gasteiger partial charge in [-0.1, -0.05) is 73.1 Å². The van der Waals surface area contributed by atoms with Crippen molar-refractivity contribution in [1.29, 1.82) is 0 Å². The summed E-state index contributed by atoms with van der Waals surface area (Å²) in [5.74, 6) is 1.34. The van der Waals surface area contributed by atoms with Crippen LogP contribution in [0.4, 0.5) is 0 Å². The minimum atomic E-state index is -0.0476. The third kappa shape index (κ3) is 6.02. The molecule has 2 atom stereocenters. The van der Waals surface area contributed by atoms with Crippen LogP contribution in [0.1, 0.15) is 92.4 Å². The van der Waals surface area contributed by atoms with Gasteiger partial charge in [0, 0.05) is 11.8 Å². The van der Waals surface area contributed by atoms with Crippen LogP contribution in [-0.4, -0.2) is 5.78 Å². The highest BCUT2D eigenvalue weighted by atomic mass is 16.1. The zero-order chi connectivity index (χ0) is 14.0. The normalized spacial score (nSPS) is 16.3. The fourth-order valence-electron chi connectivity index (χ4n) is 3.12. The van der Waals surface area contributed by atoms with E-state index in [1.807, 2.05) is 6.92 Å². The molecule has 0 saturated heterocycles. The Morgan fingerprint density at radius 1 is 1.00 bits per heavy atom. The van der Waals surface area contributed by atoms with Crippen molar-refractivity contribution in [2.24, 2.45) is 11.3 Å². The average molecular weight is 254 g/mol. The van der Waals surface area contributed by atoms with Crippen molar-refractivity contribution < 1.29 is 4.79 Å². The molecule has 0 N–H and O–H groups in total. The van der Waals surface area contributed by atoms with E-state index in [0.717, 1.165) is 25.2 Å². The van der Waals surface area contributed by atoms with Gasteiger partial charge in [0.25, 0.3) is 0 Å². The van der Waals surface area contributed by atoms with Gasteiger partial charge >= 0.3 is 0 Å². The molecule has 0 fully saturated rings. The standard InChI is InChI=1S/C17H34O/c1-6-11-15(8-3)12-10-14-17(5,13-7-2)16(18)9-4/h15H,6-14H2,1-5H3. The molecule has 0 bridgehead atoms. The number of hydrogen-bond donors (Lipinski definition) is 0. The summed E-state index contributed by atoms with van der Waals surface area (Å²) in [7, 11) is 0. The molecule has 1 nitrogen and oxygen atoms in total. The maximum atomic E-state index is 12.1. The Hall–Kier alpha value is -0.330. The molecule has 2 unspecified atom stereocenters. The Kier molecular flexibility index (Phi) is 9.40. The first-order valence-corrected chi connectivity index (χ1v) is 8.07. The van der Waals surface area contributed by atoms with Crippen molar-refractivity contribution in [3.05, 3.63) is 0 Å². The summed E-state index contributed by atoms with van der Waals surface area (Å²) in [5, 5.41) is 0. The SMILES string of the molecule is CCCC(CC)CCCC(C)(CCC)C(=O)CC. The highest BCUT2D eigenvalue weighted by Crippen LogP contribution is 2.33. The van der Waals surface area contributed by atoms with E-state index < -0.39 is 0 Å². The van der Waals surface area contributed by atoms with Crippen molar-refractivity contribution >= 4 is 5.78 Å². The molecule has 0 aliphatic heterocycles. The number of Topliss-reactive ketones (excluding diaryl/α,β-unsaturated/α-hetero) is 1. The van der Waals surface area contributed by atoms with E-state index in [4.69, 9.17) is 0 Å². The molecule has 0 radical (unpaired) electrons. The van der Waals surface area contributed by atoms with Gasteiger partial charge < -0.3 is 0 Å². The smallest absolute Gasteiger partial charge is 0.138 e. The second kappa shape index (κ2) is 9.58. The number of hydrogen-bond acceptors (Lipinski definition) is 1. The molecular weight excluding hydrogens is 220 g/mol. The first-order valence-electron chi connectivity index (χ1n) is 8.07. The Bertz CT molecular complexity index is 222. The van der Waals surface area contributed by atoms with Gasteiger partial charge in [0.15, 0.2) is 0 Å². The molecule has 0 aromatic carbocycles. The lowest BCUT2D eigenvalue weighted by Crippen LogP contribution is -2.27. The molecule has 0 aliphatic carbocycles. The Morgan fingerprint density at radius 3 is 2.11 bits per heavy atom. The van der Waals surface area contributed by atoms with Gasteiger partial charge in [-0.25, -0.2) is 0 Å². The van der Waals surface area contributed by atoms with Crippen molar-refractivity contribution in [2.45, 2.75) is 92.4 Å². The van der Waals surface area contributed by atoms with Crippen LogP contribution in [-0.2, 0) is 4.79 Å². The highest BCUT2D eigenvalue weighted by Gasteiger charge is 2.29. The van der Waals surface area contributed by atoms with Crippen LogP contribution in [0, 0.1) is 11.3 Å². The third-order valence-electron chi connectivity index (χ3n) is 4.41. The predicted octanol–water partition coefficient (Wildman–Crippen LogP) is 5.77. The Balaban J connectivity index is 4.22. The Morgan fingerprint density at radius 2 is 1.67 bits per heavy atom. The predicted molar refractivity (Wildman–Crippen MR) is 80.9 cm³/mol. The van der Waals surface area contributed by atoms with E-state index in [0.29, 0.717) is 12.2 Å². The molecule has 0 saturated carbocycles. The molecule has 18 heavy (non-hydrogen) atoms. The summed E-state index contributed by atoms with van der Waals surface area (Å²) in [6, 6.07) is 0. The van der Waals surface area contributed by atoms with Crippen LogP contribution in [0.3, 0.4) is 0 Å². The number of carbonyl (C=O) groups is 1. The van der Waals surface area contributed by atoms with Crippen LogP contribution >= 0.6 is 0 Å². The molecular formula is C17H34O. The van der Waals surface area contributed by atoms with Crippen molar-refractivity contribution in [1.82, 2.24) is 0 Å². The van der Waals surface area contributed by atoms with Gasteiger partial charge in [-0.2, -0.15) is 0 Å². The zero-order valence-corrected chi connectivity index (χ0v) is 13.3. The molecule has 0 aliphatic rings. The van der Waals surface area contributed by atoms with Crippen molar-refractivity contribution in [3.8, 4) is 0 Å². The third-order valence-corrected chi connectivity index (χ3v) is 4.41. The first-order chi connectivity index (χ1) is 8.53. The van der Waals surface area contributed by atoms with Gasteiger partial charge in [0.05, 0.1) is 0 Å². The van der Waals surface area contributed by atoms with Gasteiger partial charge in [-0.05, 0) is 18.8 Å². The van der Waals surface area contributed by atoms with Crippen LogP contribution in [0.25, 0.3) is 0 Å². The molecule has 0 spiro atoms. The second-order valence-corrected chi connectivity index (χ2v) is 6.04. The second-order valence-electron chi connectivity index (χ2n) is 6.04. The number of carbonyl (C=O) groups excluding carboxylic acids is 1. The van der Waals surface area contributed by atoms with Crippen molar-refractivity contribution in [2.75, 3.05) is 0 Å². The van der Waals surface area contributed by atoms with Gasteiger partial charge in [-0.15, -0.1) is 0 Å².